The third-order valence-corrected chi connectivity index (χ3v) is 2.73. The molecule has 1 aromatic rings. The molecule has 0 saturated heterocycles. The zero-order valence-electron chi connectivity index (χ0n) is 7.33. The highest BCUT2D eigenvalue weighted by Gasteiger charge is 2.05. The Morgan fingerprint density at radius 2 is 1.93 bits per heavy atom. The van der Waals surface area contributed by atoms with Crippen molar-refractivity contribution in [1.29, 1.82) is 0 Å². The minimum atomic E-state index is 0.617. The first kappa shape index (κ1) is 9.20. The van der Waals surface area contributed by atoms with Crippen molar-refractivity contribution < 1.29 is 4.79 Å². The van der Waals surface area contributed by atoms with Crippen molar-refractivity contribution >= 4 is 34.4 Å². The molecule has 2 heteroatoms. The number of carbonyl (C=O) groups is 1. The molecule has 2 rings (SSSR count). The molecule has 0 fully saturated rings. The Labute approximate surface area is 90.6 Å². The summed E-state index contributed by atoms with van der Waals surface area (Å²) in [6, 6.07) is 7.88. The van der Waals surface area contributed by atoms with E-state index in [9.17, 15) is 4.79 Å². The number of rotatable bonds is 1. The van der Waals surface area contributed by atoms with E-state index in [0.29, 0.717) is 10.1 Å². The third kappa shape index (κ3) is 1.63. The zero-order chi connectivity index (χ0) is 9.97. The number of hydrogen-bond donors (Lipinski definition) is 0. The van der Waals surface area contributed by atoms with Gasteiger partial charge in [0.05, 0.1) is 4.48 Å². The maximum absolute atomic E-state index is 10.8. The number of halogens is 1. The molecule has 0 aliphatic heterocycles. The summed E-state index contributed by atoms with van der Waals surface area (Å²) in [5, 5.41) is 0. The lowest BCUT2D eigenvalue weighted by Crippen LogP contribution is -1.83. The van der Waals surface area contributed by atoms with E-state index in [1.807, 2.05) is 36.4 Å². The van der Waals surface area contributed by atoms with Crippen LogP contribution in [-0.4, -0.2) is 6.29 Å². The van der Waals surface area contributed by atoms with Crippen molar-refractivity contribution in [3.8, 4) is 0 Å². The Morgan fingerprint density at radius 1 is 1.21 bits per heavy atom. The smallest absolute Gasteiger partial charge is 0.151 e. The van der Waals surface area contributed by atoms with E-state index in [2.05, 4.69) is 21.7 Å². The predicted molar refractivity (Wildman–Crippen MR) is 60.9 cm³/mol. The largest absolute Gasteiger partial charge is 0.298 e. The van der Waals surface area contributed by atoms with E-state index in [0.717, 1.165) is 17.4 Å². The van der Waals surface area contributed by atoms with Gasteiger partial charge in [-0.2, -0.15) is 0 Å². The molecule has 1 nitrogen and oxygen atoms in total. The molecule has 68 valence electrons. The van der Waals surface area contributed by atoms with E-state index in [1.165, 1.54) is 0 Å². The zero-order valence-corrected chi connectivity index (χ0v) is 8.91. The fourth-order valence-corrected chi connectivity index (χ4v) is 1.64. The molecule has 14 heavy (non-hydrogen) atoms. The molecular weight excluding hydrogens is 240 g/mol. The summed E-state index contributed by atoms with van der Waals surface area (Å²) in [4.78, 5) is 10.8. The molecule has 0 bridgehead atoms. The number of benzene rings is 1. The monoisotopic (exact) mass is 246 g/mol. The predicted octanol–water partition coefficient (Wildman–Crippen LogP) is 3.17. The molecule has 0 saturated carbocycles. The van der Waals surface area contributed by atoms with Crippen LogP contribution in [0.25, 0.3) is 12.2 Å². The van der Waals surface area contributed by atoms with Gasteiger partial charge in [-0.15, -0.1) is 5.73 Å². The maximum Gasteiger partial charge on any atom is 0.151 e. The standard InChI is InChI=1S/C12H7BrO/c13-12-6-5-9-3-1-2-4-10(9)7-11(12)8-14/h1-5,7-8H. The van der Waals surface area contributed by atoms with Gasteiger partial charge in [-0.25, -0.2) is 0 Å². The average molecular weight is 247 g/mol. The van der Waals surface area contributed by atoms with Crippen LogP contribution < -0.4 is 0 Å². The van der Waals surface area contributed by atoms with Gasteiger partial charge in [0, 0.05) is 5.57 Å². The van der Waals surface area contributed by atoms with Crippen molar-refractivity contribution in [2.24, 2.45) is 0 Å². The minimum Gasteiger partial charge on any atom is -0.298 e. The van der Waals surface area contributed by atoms with Crippen molar-refractivity contribution in [1.82, 2.24) is 0 Å². The lowest BCUT2D eigenvalue weighted by atomic mass is 10.1. The Morgan fingerprint density at radius 3 is 2.64 bits per heavy atom. The Hall–Kier alpha value is -1.37. The van der Waals surface area contributed by atoms with Crippen LogP contribution in [0.5, 0.6) is 0 Å². The van der Waals surface area contributed by atoms with Gasteiger partial charge in [-0.1, -0.05) is 24.3 Å². The van der Waals surface area contributed by atoms with Gasteiger partial charge in [0.1, 0.15) is 0 Å². The summed E-state index contributed by atoms with van der Waals surface area (Å²) in [6.45, 7) is 0. The van der Waals surface area contributed by atoms with Gasteiger partial charge in [0.25, 0.3) is 0 Å². The molecule has 0 amide bonds. The van der Waals surface area contributed by atoms with Gasteiger partial charge in [-0.3, -0.25) is 4.79 Å². The van der Waals surface area contributed by atoms with Gasteiger partial charge in [-0.05, 0) is 39.2 Å². The quantitative estimate of drug-likeness (QED) is 0.550. The van der Waals surface area contributed by atoms with Crippen LogP contribution in [0.3, 0.4) is 0 Å². The van der Waals surface area contributed by atoms with Crippen LogP contribution in [0.15, 0.2) is 40.1 Å². The lowest BCUT2D eigenvalue weighted by molar-refractivity contribution is -0.104. The summed E-state index contributed by atoms with van der Waals surface area (Å²) in [5.74, 6) is 0. The van der Waals surface area contributed by atoms with Crippen molar-refractivity contribution in [2.75, 3.05) is 0 Å². The first-order chi connectivity index (χ1) is 6.81. The van der Waals surface area contributed by atoms with E-state index < -0.39 is 0 Å². The third-order valence-electron chi connectivity index (χ3n) is 2.04. The molecule has 0 radical (unpaired) electrons. The summed E-state index contributed by atoms with van der Waals surface area (Å²) in [6.07, 6.45) is 4.54. The van der Waals surface area contributed by atoms with Crippen LogP contribution in [0.1, 0.15) is 11.1 Å². The number of hydrogen-bond acceptors (Lipinski definition) is 1. The van der Waals surface area contributed by atoms with Crippen LogP contribution in [0.4, 0.5) is 0 Å². The first-order valence-corrected chi connectivity index (χ1v) is 4.99. The minimum absolute atomic E-state index is 0.617. The summed E-state index contributed by atoms with van der Waals surface area (Å²) in [5.41, 5.74) is 5.74. The fourth-order valence-electron chi connectivity index (χ4n) is 1.31. The van der Waals surface area contributed by atoms with Crippen molar-refractivity contribution in [3.63, 3.8) is 0 Å². The molecular formula is C12H7BrO. The summed E-state index contributed by atoms with van der Waals surface area (Å²) in [7, 11) is 0. The van der Waals surface area contributed by atoms with E-state index in [1.54, 1.807) is 0 Å². The van der Waals surface area contributed by atoms with Crippen LogP contribution in [0.2, 0.25) is 0 Å². The number of aldehydes is 1. The highest BCUT2D eigenvalue weighted by molar-refractivity contribution is 9.12. The Balaban J connectivity index is 2.68. The Kier molecular flexibility index (Phi) is 2.49. The van der Waals surface area contributed by atoms with E-state index in [4.69, 9.17) is 0 Å². The lowest BCUT2D eigenvalue weighted by Gasteiger charge is -1.98. The second kappa shape index (κ2) is 3.79. The molecule has 1 aliphatic carbocycles. The topological polar surface area (TPSA) is 17.1 Å². The molecule has 0 unspecified atom stereocenters. The molecule has 0 atom stereocenters. The van der Waals surface area contributed by atoms with Gasteiger partial charge in [0.15, 0.2) is 6.29 Å². The SMILES string of the molecule is O=CC1=Cc2ccccc2C=C=C1Br. The van der Waals surface area contributed by atoms with E-state index in [-0.39, 0.29) is 0 Å². The van der Waals surface area contributed by atoms with Crippen LogP contribution in [0, 0.1) is 0 Å². The van der Waals surface area contributed by atoms with Gasteiger partial charge >= 0.3 is 0 Å². The second-order valence-corrected chi connectivity index (χ2v) is 3.74. The number of carbonyl (C=O) groups excluding carboxylic acids is 1. The summed E-state index contributed by atoms with van der Waals surface area (Å²) < 4.78 is 0.698. The van der Waals surface area contributed by atoms with Gasteiger partial charge in [0.2, 0.25) is 0 Å². The molecule has 0 aromatic heterocycles. The normalized spacial score (nSPS) is 13.8. The molecule has 1 aliphatic rings. The highest BCUT2D eigenvalue weighted by atomic mass is 79.9. The molecule has 0 N–H and O–H groups in total. The maximum atomic E-state index is 10.8. The molecule has 0 heterocycles. The molecule has 0 spiro atoms. The molecule has 1 aromatic carbocycles. The summed E-state index contributed by atoms with van der Waals surface area (Å²) >= 11 is 3.30. The highest BCUT2D eigenvalue weighted by Crippen LogP contribution is 2.23. The van der Waals surface area contributed by atoms with Crippen LogP contribution >= 0.6 is 15.9 Å². The van der Waals surface area contributed by atoms with Crippen molar-refractivity contribution in [3.05, 3.63) is 51.2 Å². The van der Waals surface area contributed by atoms with Crippen molar-refractivity contribution in [2.45, 2.75) is 0 Å². The fraction of sp³-hybridized carbons (Fsp3) is 0. The van der Waals surface area contributed by atoms with Gasteiger partial charge < -0.3 is 0 Å². The Bertz CT molecular complexity index is 477. The second-order valence-electron chi connectivity index (χ2n) is 2.95. The van der Waals surface area contributed by atoms with Crippen LogP contribution in [-0.2, 0) is 4.79 Å². The average Bonchev–Trinajstić information content (AvgIpc) is 2.38. The number of allylic oxidation sites excluding steroid dienone is 2. The van der Waals surface area contributed by atoms with E-state index >= 15 is 0 Å². The first-order valence-electron chi connectivity index (χ1n) is 4.20. The number of fused-ring (bicyclic) bond motifs is 1.